The van der Waals surface area contributed by atoms with Crippen LogP contribution in [0, 0.1) is 11.8 Å². The summed E-state index contributed by atoms with van der Waals surface area (Å²) in [5.41, 5.74) is 1.01. The first-order chi connectivity index (χ1) is 8.70. The van der Waals surface area contributed by atoms with Gasteiger partial charge in [-0.25, -0.2) is 0 Å². The molecule has 0 aliphatic carbocycles. The third kappa shape index (κ3) is 3.25. The lowest BCUT2D eigenvalue weighted by atomic mass is 9.95. The van der Waals surface area contributed by atoms with E-state index in [0.717, 1.165) is 56.1 Å². The predicted molar refractivity (Wildman–Crippen MR) is 73.7 cm³/mol. The highest BCUT2D eigenvalue weighted by Gasteiger charge is 2.27. The first-order valence-corrected chi connectivity index (χ1v) is 7.10. The van der Waals surface area contributed by atoms with Crippen LogP contribution in [0.15, 0.2) is 10.7 Å². The maximum Gasteiger partial charge on any atom is 0.297 e. The second-order valence-corrected chi connectivity index (χ2v) is 5.54. The Balaban J connectivity index is 1.86. The van der Waals surface area contributed by atoms with Gasteiger partial charge in [-0.3, -0.25) is 0 Å². The molecule has 0 aromatic carbocycles. The first-order valence-electron chi connectivity index (χ1n) is 7.10. The minimum Gasteiger partial charge on any atom is -0.432 e. The third-order valence-corrected chi connectivity index (χ3v) is 3.71. The highest BCUT2D eigenvalue weighted by molar-refractivity contribution is 5.29. The zero-order chi connectivity index (χ0) is 13.0. The minimum absolute atomic E-state index is 0.746. The Kier molecular flexibility index (Phi) is 4.64. The fraction of sp³-hybridized carbons (Fsp3) is 0.786. The highest BCUT2D eigenvalue weighted by Crippen LogP contribution is 2.27. The summed E-state index contributed by atoms with van der Waals surface area (Å²) in [5, 5.41) is 3.34. The van der Waals surface area contributed by atoms with Gasteiger partial charge in [0.1, 0.15) is 6.26 Å². The van der Waals surface area contributed by atoms with Crippen LogP contribution >= 0.6 is 0 Å². The normalized spacial score (nSPS) is 20.0. The average Bonchev–Trinajstić information content (AvgIpc) is 2.97. The van der Waals surface area contributed by atoms with E-state index in [9.17, 15) is 0 Å². The lowest BCUT2D eigenvalue weighted by Gasteiger charge is -2.15. The van der Waals surface area contributed by atoms with E-state index < -0.39 is 0 Å². The number of hydrogen-bond acceptors (Lipinski definition) is 4. The molecule has 1 N–H and O–H groups in total. The van der Waals surface area contributed by atoms with Crippen molar-refractivity contribution < 1.29 is 4.42 Å². The van der Waals surface area contributed by atoms with E-state index in [2.05, 4.69) is 36.0 Å². The monoisotopic (exact) mass is 251 g/mol. The summed E-state index contributed by atoms with van der Waals surface area (Å²) < 4.78 is 5.58. The van der Waals surface area contributed by atoms with Crippen LogP contribution < -0.4 is 10.2 Å². The number of hydrogen-bond donors (Lipinski definition) is 1. The summed E-state index contributed by atoms with van der Waals surface area (Å²) in [4.78, 5) is 6.83. The van der Waals surface area contributed by atoms with Crippen molar-refractivity contribution in [3.05, 3.63) is 12.0 Å². The van der Waals surface area contributed by atoms with Crippen LogP contribution in [-0.4, -0.2) is 24.6 Å². The summed E-state index contributed by atoms with van der Waals surface area (Å²) >= 11 is 0. The van der Waals surface area contributed by atoms with Gasteiger partial charge >= 0.3 is 0 Å². The summed E-state index contributed by atoms with van der Waals surface area (Å²) in [5.74, 6) is 1.52. The zero-order valence-electron chi connectivity index (χ0n) is 11.8. The van der Waals surface area contributed by atoms with Gasteiger partial charge in [0.05, 0.1) is 5.69 Å². The van der Waals surface area contributed by atoms with Gasteiger partial charge in [0.25, 0.3) is 6.01 Å². The molecule has 1 saturated heterocycles. The van der Waals surface area contributed by atoms with E-state index in [-0.39, 0.29) is 0 Å². The predicted octanol–water partition coefficient (Wildman–Crippen LogP) is 2.66. The molecule has 4 nitrogen and oxygen atoms in total. The van der Waals surface area contributed by atoms with Gasteiger partial charge in [0.15, 0.2) is 0 Å². The minimum atomic E-state index is 0.746. The van der Waals surface area contributed by atoms with Crippen molar-refractivity contribution in [2.75, 3.05) is 24.5 Å². The molecule has 1 unspecified atom stereocenters. The van der Waals surface area contributed by atoms with E-state index in [1.165, 1.54) is 6.42 Å². The topological polar surface area (TPSA) is 41.3 Å². The number of anilines is 1. The van der Waals surface area contributed by atoms with Gasteiger partial charge in [0.2, 0.25) is 0 Å². The van der Waals surface area contributed by atoms with Gasteiger partial charge in [-0.1, -0.05) is 20.8 Å². The van der Waals surface area contributed by atoms with E-state index in [1.54, 1.807) is 6.26 Å². The molecular formula is C14H25N3O. The smallest absolute Gasteiger partial charge is 0.297 e. The molecule has 0 amide bonds. The molecule has 1 aliphatic rings. The molecule has 1 aromatic heterocycles. The van der Waals surface area contributed by atoms with Crippen molar-refractivity contribution in [2.45, 2.75) is 40.2 Å². The quantitative estimate of drug-likeness (QED) is 0.789. The van der Waals surface area contributed by atoms with Crippen molar-refractivity contribution in [1.82, 2.24) is 10.3 Å². The molecule has 0 spiro atoms. The molecule has 0 radical (unpaired) electrons. The van der Waals surface area contributed by atoms with Crippen LogP contribution in [0.4, 0.5) is 6.01 Å². The second kappa shape index (κ2) is 6.23. The number of nitrogens with one attached hydrogen (secondary N) is 1. The molecule has 2 heterocycles. The molecule has 1 aliphatic heterocycles. The van der Waals surface area contributed by atoms with Crippen LogP contribution in [0.1, 0.15) is 39.3 Å². The molecule has 0 bridgehead atoms. The molecular weight excluding hydrogens is 226 g/mol. The zero-order valence-corrected chi connectivity index (χ0v) is 11.8. The summed E-state index contributed by atoms with van der Waals surface area (Å²) in [6, 6.07) is 0.798. The Labute approximate surface area is 110 Å². The summed E-state index contributed by atoms with van der Waals surface area (Å²) in [7, 11) is 0. The number of oxazole rings is 1. The summed E-state index contributed by atoms with van der Waals surface area (Å²) in [6.45, 7) is 10.7. The van der Waals surface area contributed by atoms with Crippen LogP contribution in [0.2, 0.25) is 0 Å². The lowest BCUT2D eigenvalue weighted by Crippen LogP contribution is -2.21. The Bertz CT molecular complexity index is 362. The molecule has 4 heteroatoms. The number of rotatable bonds is 6. The second-order valence-electron chi connectivity index (χ2n) is 5.54. The largest absolute Gasteiger partial charge is 0.432 e. The maximum atomic E-state index is 5.58. The van der Waals surface area contributed by atoms with Gasteiger partial charge < -0.3 is 14.6 Å². The van der Waals surface area contributed by atoms with Crippen molar-refractivity contribution in [3.63, 3.8) is 0 Å². The van der Waals surface area contributed by atoms with Gasteiger partial charge in [-0.15, -0.1) is 0 Å². The van der Waals surface area contributed by atoms with Gasteiger partial charge in [-0.2, -0.15) is 4.98 Å². The molecule has 18 heavy (non-hydrogen) atoms. The Morgan fingerprint density at radius 2 is 2.39 bits per heavy atom. The lowest BCUT2D eigenvalue weighted by molar-refractivity contribution is 0.420. The van der Waals surface area contributed by atoms with E-state index in [1.807, 2.05) is 0 Å². The van der Waals surface area contributed by atoms with Gasteiger partial charge in [0, 0.05) is 19.6 Å². The standard InChI is InChI=1S/C14H25N3O/c1-4-6-15-8-13-10-18-14(16-13)17-7-5-12(9-17)11(2)3/h10-12,15H,4-9H2,1-3H3. The van der Waals surface area contributed by atoms with Crippen LogP contribution in [0.3, 0.4) is 0 Å². The molecule has 1 atom stereocenters. The molecule has 0 saturated carbocycles. The van der Waals surface area contributed by atoms with E-state index in [0.29, 0.717) is 0 Å². The third-order valence-electron chi connectivity index (χ3n) is 3.71. The first kappa shape index (κ1) is 13.4. The van der Waals surface area contributed by atoms with E-state index >= 15 is 0 Å². The van der Waals surface area contributed by atoms with Crippen molar-refractivity contribution in [2.24, 2.45) is 11.8 Å². The highest BCUT2D eigenvalue weighted by atomic mass is 16.4. The fourth-order valence-electron chi connectivity index (χ4n) is 2.42. The average molecular weight is 251 g/mol. The number of nitrogens with zero attached hydrogens (tertiary/aromatic N) is 2. The fourth-order valence-corrected chi connectivity index (χ4v) is 2.42. The van der Waals surface area contributed by atoms with Crippen LogP contribution in [-0.2, 0) is 6.54 Å². The Morgan fingerprint density at radius 1 is 1.56 bits per heavy atom. The molecule has 1 fully saturated rings. The molecule has 2 rings (SSSR count). The van der Waals surface area contributed by atoms with Crippen LogP contribution in [0.5, 0.6) is 0 Å². The van der Waals surface area contributed by atoms with Gasteiger partial charge in [-0.05, 0) is 31.2 Å². The van der Waals surface area contributed by atoms with Crippen molar-refractivity contribution in [3.8, 4) is 0 Å². The molecule has 1 aromatic rings. The maximum absolute atomic E-state index is 5.58. The summed E-state index contributed by atoms with van der Waals surface area (Å²) in [6.07, 6.45) is 4.18. The Hall–Kier alpha value is -1.03. The van der Waals surface area contributed by atoms with Crippen molar-refractivity contribution >= 4 is 6.01 Å². The van der Waals surface area contributed by atoms with Crippen LogP contribution in [0.25, 0.3) is 0 Å². The molecule has 102 valence electrons. The van der Waals surface area contributed by atoms with E-state index in [4.69, 9.17) is 4.42 Å². The van der Waals surface area contributed by atoms with Crippen molar-refractivity contribution in [1.29, 1.82) is 0 Å². The number of aromatic nitrogens is 1. The Morgan fingerprint density at radius 3 is 3.06 bits per heavy atom. The SMILES string of the molecule is CCCNCc1coc(N2CCC(C(C)C)C2)n1.